The van der Waals surface area contributed by atoms with Crippen molar-refractivity contribution in [3.63, 3.8) is 0 Å². The van der Waals surface area contributed by atoms with Gasteiger partial charge in [0.25, 0.3) is 0 Å². The molecule has 0 amide bonds. The number of nitrogens with one attached hydrogen (secondary N) is 2. The molecule has 0 unspecified atom stereocenters. The lowest BCUT2D eigenvalue weighted by Gasteiger charge is -2.23. The summed E-state index contributed by atoms with van der Waals surface area (Å²) in [6.45, 7) is 4.13. The Bertz CT molecular complexity index is 282. The number of hydrogen-bond acceptors (Lipinski definition) is 4. The summed E-state index contributed by atoms with van der Waals surface area (Å²) >= 11 is 0. The fraction of sp³-hybridized carbons (Fsp3) is 0.600. The quantitative estimate of drug-likeness (QED) is 0.803. The molecule has 0 saturated carbocycles. The van der Waals surface area contributed by atoms with Gasteiger partial charge in [0, 0.05) is 6.04 Å². The van der Waals surface area contributed by atoms with Gasteiger partial charge in [0.05, 0.1) is 5.69 Å². The minimum atomic E-state index is 0. The number of piperidine rings is 1. The summed E-state index contributed by atoms with van der Waals surface area (Å²) in [7, 11) is 0. The SMILES string of the molecule is Cc1ccc(NC2CCNCC2)nn1.Cl. The van der Waals surface area contributed by atoms with Gasteiger partial charge in [0.2, 0.25) is 0 Å². The van der Waals surface area contributed by atoms with Crippen LogP contribution in [0.1, 0.15) is 18.5 Å². The lowest BCUT2D eigenvalue weighted by atomic mass is 10.1. The van der Waals surface area contributed by atoms with E-state index in [2.05, 4.69) is 20.8 Å². The maximum atomic E-state index is 4.09. The smallest absolute Gasteiger partial charge is 0.148 e. The van der Waals surface area contributed by atoms with Gasteiger partial charge in [-0.25, -0.2) is 0 Å². The molecular formula is C10H17ClN4. The van der Waals surface area contributed by atoms with Gasteiger partial charge in [-0.15, -0.1) is 17.5 Å². The van der Waals surface area contributed by atoms with Crippen molar-refractivity contribution < 1.29 is 0 Å². The third-order valence-corrected chi connectivity index (χ3v) is 2.49. The van der Waals surface area contributed by atoms with Crippen LogP contribution in [0, 0.1) is 6.92 Å². The van der Waals surface area contributed by atoms with Gasteiger partial charge in [-0.1, -0.05) is 0 Å². The first-order valence-electron chi connectivity index (χ1n) is 5.12. The summed E-state index contributed by atoms with van der Waals surface area (Å²) in [5.41, 5.74) is 0.959. The third-order valence-electron chi connectivity index (χ3n) is 2.49. The van der Waals surface area contributed by atoms with Crippen LogP contribution in [-0.2, 0) is 0 Å². The van der Waals surface area contributed by atoms with E-state index in [1.54, 1.807) is 0 Å². The van der Waals surface area contributed by atoms with Crippen LogP contribution >= 0.6 is 12.4 Å². The molecule has 1 fully saturated rings. The first-order valence-corrected chi connectivity index (χ1v) is 5.12. The highest BCUT2D eigenvalue weighted by Gasteiger charge is 2.12. The predicted molar refractivity (Wildman–Crippen MR) is 63.5 cm³/mol. The molecule has 0 atom stereocenters. The summed E-state index contributed by atoms with van der Waals surface area (Å²) in [4.78, 5) is 0. The summed E-state index contributed by atoms with van der Waals surface area (Å²) in [6, 6.07) is 4.52. The summed E-state index contributed by atoms with van der Waals surface area (Å²) < 4.78 is 0. The van der Waals surface area contributed by atoms with Gasteiger partial charge in [0.1, 0.15) is 5.82 Å². The van der Waals surface area contributed by atoms with Crippen LogP contribution in [0.2, 0.25) is 0 Å². The van der Waals surface area contributed by atoms with Crippen molar-refractivity contribution in [2.75, 3.05) is 18.4 Å². The van der Waals surface area contributed by atoms with Crippen LogP contribution in [0.25, 0.3) is 0 Å². The molecule has 5 heteroatoms. The fourth-order valence-corrected chi connectivity index (χ4v) is 1.65. The molecule has 0 aliphatic carbocycles. The van der Waals surface area contributed by atoms with Crippen LogP contribution < -0.4 is 10.6 Å². The maximum Gasteiger partial charge on any atom is 0.148 e. The van der Waals surface area contributed by atoms with E-state index >= 15 is 0 Å². The first kappa shape index (κ1) is 12.2. The molecule has 4 nitrogen and oxygen atoms in total. The van der Waals surface area contributed by atoms with Gasteiger partial charge in [-0.3, -0.25) is 0 Å². The highest BCUT2D eigenvalue weighted by atomic mass is 35.5. The lowest BCUT2D eigenvalue weighted by Crippen LogP contribution is -2.35. The zero-order valence-corrected chi connectivity index (χ0v) is 9.68. The molecule has 1 aliphatic heterocycles. The monoisotopic (exact) mass is 228 g/mol. The largest absolute Gasteiger partial charge is 0.366 e. The number of hydrogen-bond donors (Lipinski definition) is 2. The first-order chi connectivity index (χ1) is 6.84. The highest BCUT2D eigenvalue weighted by molar-refractivity contribution is 5.85. The Hall–Kier alpha value is -0.870. The minimum Gasteiger partial charge on any atom is -0.366 e. The van der Waals surface area contributed by atoms with Gasteiger partial charge >= 0.3 is 0 Å². The topological polar surface area (TPSA) is 49.8 Å². The molecule has 1 aromatic heterocycles. The summed E-state index contributed by atoms with van der Waals surface area (Å²) in [5, 5.41) is 14.8. The fourth-order valence-electron chi connectivity index (χ4n) is 1.65. The van der Waals surface area contributed by atoms with Crippen molar-refractivity contribution in [3.8, 4) is 0 Å². The van der Waals surface area contributed by atoms with E-state index in [-0.39, 0.29) is 12.4 Å². The van der Waals surface area contributed by atoms with E-state index in [4.69, 9.17) is 0 Å². The van der Waals surface area contributed by atoms with E-state index < -0.39 is 0 Å². The molecule has 2 N–H and O–H groups in total. The summed E-state index contributed by atoms with van der Waals surface area (Å²) in [5.74, 6) is 0.891. The molecule has 84 valence electrons. The molecule has 2 rings (SSSR count). The summed E-state index contributed by atoms with van der Waals surface area (Å²) in [6.07, 6.45) is 2.32. The number of rotatable bonds is 2. The second-order valence-corrected chi connectivity index (χ2v) is 3.73. The predicted octanol–water partition coefficient (Wildman–Crippen LogP) is 1.37. The Morgan fingerprint density at radius 2 is 2.00 bits per heavy atom. The molecule has 0 radical (unpaired) electrons. The highest BCUT2D eigenvalue weighted by Crippen LogP contribution is 2.09. The average Bonchev–Trinajstić information content (AvgIpc) is 2.23. The molecule has 1 aliphatic rings. The normalized spacial score (nSPS) is 16.9. The molecule has 0 aromatic carbocycles. The third kappa shape index (κ3) is 3.64. The van der Waals surface area contributed by atoms with Gasteiger partial charge in [-0.2, -0.15) is 5.10 Å². The van der Waals surface area contributed by atoms with Crippen molar-refractivity contribution >= 4 is 18.2 Å². The molecule has 1 aromatic rings. The van der Waals surface area contributed by atoms with E-state index in [1.807, 2.05) is 19.1 Å². The number of nitrogens with zero attached hydrogens (tertiary/aromatic N) is 2. The van der Waals surface area contributed by atoms with Crippen molar-refractivity contribution in [2.24, 2.45) is 0 Å². The van der Waals surface area contributed by atoms with Crippen molar-refractivity contribution in [1.29, 1.82) is 0 Å². The number of aromatic nitrogens is 2. The van der Waals surface area contributed by atoms with Gasteiger partial charge in [0.15, 0.2) is 0 Å². The van der Waals surface area contributed by atoms with Crippen LogP contribution in [0.15, 0.2) is 12.1 Å². The number of aryl methyl sites for hydroxylation is 1. The second kappa shape index (κ2) is 5.88. The molecule has 15 heavy (non-hydrogen) atoms. The van der Waals surface area contributed by atoms with E-state index in [9.17, 15) is 0 Å². The average molecular weight is 229 g/mol. The van der Waals surface area contributed by atoms with Gasteiger partial charge in [-0.05, 0) is 45.0 Å². The molecule has 1 saturated heterocycles. The van der Waals surface area contributed by atoms with Crippen LogP contribution in [0.5, 0.6) is 0 Å². The molecule has 0 spiro atoms. The van der Waals surface area contributed by atoms with Crippen molar-refractivity contribution in [3.05, 3.63) is 17.8 Å². The Morgan fingerprint density at radius 1 is 1.27 bits per heavy atom. The minimum absolute atomic E-state index is 0. The Balaban J connectivity index is 0.00000112. The second-order valence-electron chi connectivity index (χ2n) is 3.73. The number of halogens is 1. The lowest BCUT2D eigenvalue weighted by molar-refractivity contribution is 0.478. The molecule has 0 bridgehead atoms. The number of anilines is 1. The van der Waals surface area contributed by atoms with Crippen LogP contribution in [-0.4, -0.2) is 29.3 Å². The van der Waals surface area contributed by atoms with Crippen LogP contribution in [0.4, 0.5) is 5.82 Å². The zero-order chi connectivity index (χ0) is 9.80. The molecule has 2 heterocycles. The Labute approximate surface area is 96.3 Å². The zero-order valence-electron chi connectivity index (χ0n) is 8.86. The van der Waals surface area contributed by atoms with Crippen molar-refractivity contribution in [1.82, 2.24) is 15.5 Å². The van der Waals surface area contributed by atoms with Gasteiger partial charge < -0.3 is 10.6 Å². The van der Waals surface area contributed by atoms with Crippen LogP contribution in [0.3, 0.4) is 0 Å². The van der Waals surface area contributed by atoms with E-state index in [0.29, 0.717) is 6.04 Å². The maximum absolute atomic E-state index is 4.09. The Kier molecular flexibility index (Phi) is 4.78. The molecular weight excluding hydrogens is 212 g/mol. The van der Waals surface area contributed by atoms with Crippen molar-refractivity contribution in [2.45, 2.75) is 25.8 Å². The standard InChI is InChI=1S/C10H16N4.ClH/c1-8-2-3-10(14-13-8)12-9-4-6-11-7-5-9;/h2-3,9,11H,4-7H2,1H3,(H,12,14);1H. The van der Waals surface area contributed by atoms with E-state index in [0.717, 1.165) is 37.4 Å². The Morgan fingerprint density at radius 3 is 2.60 bits per heavy atom. The van der Waals surface area contributed by atoms with E-state index in [1.165, 1.54) is 0 Å².